The lowest BCUT2D eigenvalue weighted by atomic mass is 10.8. The van der Waals surface area contributed by atoms with Gasteiger partial charge in [0.25, 0.3) is 0 Å². The first-order valence-corrected chi connectivity index (χ1v) is 21.3. The van der Waals surface area contributed by atoms with E-state index in [9.17, 15) is 51.9 Å². The Bertz CT molecular complexity index is 1110. The highest BCUT2D eigenvalue weighted by Crippen LogP contribution is 2.48. The van der Waals surface area contributed by atoms with E-state index in [1.165, 1.54) is 0 Å². The lowest BCUT2D eigenvalue weighted by Gasteiger charge is -2.16. The van der Waals surface area contributed by atoms with Crippen LogP contribution in [0, 0.1) is 0 Å². The van der Waals surface area contributed by atoms with Gasteiger partial charge in [-0.1, -0.05) is 0 Å². The van der Waals surface area contributed by atoms with Crippen LogP contribution in [0.5, 0.6) is 0 Å². The van der Waals surface area contributed by atoms with E-state index in [1.807, 2.05) is 0 Å². The molecule has 0 saturated heterocycles. The van der Waals surface area contributed by atoms with Gasteiger partial charge in [-0.25, -0.2) is 27.4 Å². The van der Waals surface area contributed by atoms with E-state index in [2.05, 4.69) is 54.3 Å². The maximum atomic E-state index is 11.8. The molecule has 26 nitrogen and oxygen atoms in total. The molecule has 0 aliphatic carbocycles. The summed E-state index contributed by atoms with van der Waals surface area (Å²) in [4.78, 5) is 72.5. The van der Waals surface area contributed by atoms with Crippen LogP contribution < -0.4 is 0 Å². The average Bonchev–Trinajstić information content (AvgIpc) is 2.90. The third kappa shape index (κ3) is 29.6. The number of hydrogen-bond donors (Lipinski definition) is 8. The summed E-state index contributed by atoms with van der Waals surface area (Å²) in [6, 6.07) is 0. The summed E-state index contributed by atoms with van der Waals surface area (Å²) >= 11 is 0. The largest absolute Gasteiger partial charge is 0.472 e. The monoisotopic (exact) mass is 810 g/mol. The molecule has 6 unspecified atom stereocenters. The minimum atomic E-state index is -4.83. The summed E-state index contributed by atoms with van der Waals surface area (Å²) in [6.45, 7) is -8.33. The molecular weight excluding hydrogens is 777 g/mol. The Labute approximate surface area is 256 Å². The van der Waals surface area contributed by atoms with Crippen molar-refractivity contribution < 1.29 is 121 Å². The van der Waals surface area contributed by atoms with E-state index in [0.29, 0.717) is 0 Å². The van der Waals surface area contributed by atoms with Gasteiger partial charge in [-0.2, -0.15) is 0 Å². The van der Waals surface area contributed by atoms with Crippen molar-refractivity contribution in [2.75, 3.05) is 79.3 Å². The second-order valence-corrected chi connectivity index (χ2v) is 15.9. The van der Waals surface area contributed by atoms with Gasteiger partial charge in [-0.3, -0.25) is 49.8 Å². The fourth-order valence-corrected chi connectivity index (χ4v) is 5.87. The smallest absolute Gasteiger partial charge is 0.352 e. The van der Waals surface area contributed by atoms with Gasteiger partial charge in [0.15, 0.2) is 9.03 Å². The highest BCUT2D eigenvalue weighted by molar-refractivity contribution is 7.48. The molecule has 0 saturated carbocycles. The lowest BCUT2D eigenvalue weighted by molar-refractivity contribution is 0.0745. The molecule has 0 bridgehead atoms. The minimum absolute atomic E-state index is 0.206. The Kier molecular flexibility index (Phi) is 23.2. The molecular formula is C12H33O26P7. The summed E-state index contributed by atoms with van der Waals surface area (Å²) in [5.41, 5.74) is 0. The Morgan fingerprint density at radius 2 is 0.511 bits per heavy atom. The first kappa shape index (κ1) is 46.0. The molecule has 6 atom stereocenters. The molecule has 0 heterocycles. The van der Waals surface area contributed by atoms with Crippen LogP contribution in [0.3, 0.4) is 0 Å². The average molecular weight is 810 g/mol. The first-order chi connectivity index (χ1) is 20.6. The topological polar surface area (TPSA) is 375 Å². The van der Waals surface area contributed by atoms with Crippen molar-refractivity contribution in [3.63, 3.8) is 0 Å². The fraction of sp³-hybridized carbons (Fsp3) is 1.00. The quantitative estimate of drug-likeness (QED) is 0.0357. The Morgan fingerprint density at radius 3 is 0.689 bits per heavy atom. The lowest BCUT2D eigenvalue weighted by Crippen LogP contribution is -2.09. The van der Waals surface area contributed by atoms with Crippen molar-refractivity contribution in [3.05, 3.63) is 0 Å². The summed E-state index contributed by atoms with van der Waals surface area (Å²) in [6.07, 6.45) is 0. The third-order valence-corrected chi connectivity index (χ3v) is 9.41. The fourth-order valence-electron chi connectivity index (χ4n) is 1.96. The van der Waals surface area contributed by atoms with Crippen molar-refractivity contribution >= 4 is 56.0 Å². The molecule has 0 aliphatic rings. The zero-order valence-electron chi connectivity index (χ0n) is 22.6. The predicted octanol–water partition coefficient (Wildman–Crippen LogP) is 0.281. The SMILES string of the molecule is O=P(O)(O)OCCOP(=O)(O)OCCOP(=O)(O)OCCOP(=O)(O)OCCOP(=O)(O)OCCOP(=O)(O)OCCOPO. The van der Waals surface area contributed by atoms with E-state index >= 15 is 0 Å². The third-order valence-electron chi connectivity index (χ3n) is 3.47. The van der Waals surface area contributed by atoms with E-state index < -0.39 is 129 Å². The summed E-state index contributed by atoms with van der Waals surface area (Å²) < 4.78 is 121. The van der Waals surface area contributed by atoms with Crippen LogP contribution >= 0.6 is 56.0 Å². The van der Waals surface area contributed by atoms with E-state index in [0.717, 1.165) is 0 Å². The van der Waals surface area contributed by atoms with Crippen molar-refractivity contribution in [1.82, 2.24) is 0 Å². The standard InChI is InChI=1S/C12H33O26P7/c13-39-27-1-2-29-41(17,18)31-5-6-33-43(21,22)35-9-10-37-45(25,26)38-12-11-36-44(23,24)34-8-7-32-42(19,20)30-4-3-28-40(14,15)16/h13,39H,1-12H2,(H,17,18)(H,19,20)(H,21,22)(H,23,24)(H,25,26)(H2,14,15,16). The summed E-state index contributed by atoms with van der Waals surface area (Å²) in [5.74, 6) is 0. The van der Waals surface area contributed by atoms with Gasteiger partial charge in [0.2, 0.25) is 0 Å². The molecule has 8 N–H and O–H groups in total. The molecule has 0 rings (SSSR count). The van der Waals surface area contributed by atoms with Crippen molar-refractivity contribution in [3.8, 4) is 0 Å². The van der Waals surface area contributed by atoms with Gasteiger partial charge in [0, 0.05) is 0 Å². The van der Waals surface area contributed by atoms with Crippen LogP contribution in [0.4, 0.5) is 0 Å². The molecule has 0 aromatic heterocycles. The second-order valence-electron chi connectivity index (χ2n) is 6.94. The zero-order valence-corrected chi connectivity index (χ0v) is 29.0. The van der Waals surface area contributed by atoms with Crippen LogP contribution in [0.1, 0.15) is 0 Å². The zero-order chi connectivity index (χ0) is 34.7. The molecule has 0 aromatic carbocycles. The van der Waals surface area contributed by atoms with Crippen LogP contribution in [0.2, 0.25) is 0 Å². The Hall–Kier alpha value is 1.01. The maximum Gasteiger partial charge on any atom is 0.472 e. The van der Waals surface area contributed by atoms with E-state index in [1.54, 1.807) is 0 Å². The molecule has 0 spiro atoms. The Balaban J connectivity index is 4.10. The predicted molar refractivity (Wildman–Crippen MR) is 143 cm³/mol. The van der Waals surface area contributed by atoms with Gasteiger partial charge in [0.1, 0.15) is 0 Å². The Morgan fingerprint density at radius 1 is 0.333 bits per heavy atom. The number of phosphoric ester groups is 6. The van der Waals surface area contributed by atoms with E-state index in [4.69, 9.17) is 14.7 Å². The molecule has 0 amide bonds. The van der Waals surface area contributed by atoms with Crippen molar-refractivity contribution in [2.45, 2.75) is 0 Å². The van der Waals surface area contributed by atoms with Crippen molar-refractivity contribution in [1.29, 1.82) is 0 Å². The molecule has 272 valence electrons. The van der Waals surface area contributed by atoms with Gasteiger partial charge in [-0.15, -0.1) is 0 Å². The molecule has 0 radical (unpaired) electrons. The highest BCUT2D eigenvalue weighted by Gasteiger charge is 2.28. The van der Waals surface area contributed by atoms with Crippen LogP contribution in [0.15, 0.2) is 0 Å². The van der Waals surface area contributed by atoms with Crippen LogP contribution in [0.25, 0.3) is 0 Å². The molecule has 0 aliphatic heterocycles. The minimum Gasteiger partial charge on any atom is -0.352 e. The summed E-state index contributed by atoms with van der Waals surface area (Å²) in [5, 5.41) is 0. The number of hydrogen-bond acceptors (Lipinski definition) is 19. The molecule has 0 fully saturated rings. The summed E-state index contributed by atoms with van der Waals surface area (Å²) in [7, 11) is -29.4. The number of rotatable bonds is 30. The normalized spacial score (nSPS) is 19.5. The van der Waals surface area contributed by atoms with Gasteiger partial charge < -0.3 is 43.7 Å². The molecule has 33 heteroatoms. The van der Waals surface area contributed by atoms with Crippen LogP contribution in [-0.2, 0) is 81.7 Å². The van der Waals surface area contributed by atoms with Gasteiger partial charge in [-0.05, 0) is 0 Å². The second kappa shape index (κ2) is 22.7. The van der Waals surface area contributed by atoms with Gasteiger partial charge >= 0.3 is 46.9 Å². The number of phosphoric acid groups is 6. The van der Waals surface area contributed by atoms with Crippen molar-refractivity contribution in [2.24, 2.45) is 0 Å². The molecule has 0 aromatic rings. The molecule has 45 heavy (non-hydrogen) atoms. The highest BCUT2D eigenvalue weighted by atomic mass is 31.2. The van der Waals surface area contributed by atoms with Gasteiger partial charge in [0.05, 0.1) is 79.3 Å². The maximum absolute atomic E-state index is 11.8. The first-order valence-electron chi connectivity index (χ1n) is 11.4. The van der Waals surface area contributed by atoms with E-state index in [-0.39, 0.29) is 6.61 Å². The van der Waals surface area contributed by atoms with Crippen LogP contribution in [-0.4, -0.2) is 118 Å².